The lowest BCUT2D eigenvalue weighted by Gasteiger charge is -2.35. The van der Waals surface area contributed by atoms with Crippen LogP contribution in [0.25, 0.3) is 0 Å². The van der Waals surface area contributed by atoms with Crippen LogP contribution >= 0.6 is 0 Å². The average Bonchev–Trinajstić information content (AvgIpc) is 3.25. The highest BCUT2D eigenvalue weighted by Gasteiger charge is 2.75. The molecule has 2 aliphatic heterocycles. The molecule has 3 aliphatic rings. The number of piperidine rings is 1. The van der Waals surface area contributed by atoms with Gasteiger partial charge >= 0.3 is 5.97 Å². The Morgan fingerprint density at radius 3 is 2.27 bits per heavy atom. The zero-order valence-corrected chi connectivity index (χ0v) is 14.5. The third kappa shape index (κ3) is 2.79. The van der Waals surface area contributed by atoms with Crippen molar-refractivity contribution < 1.29 is 19.2 Å². The zero-order valence-electron chi connectivity index (χ0n) is 14.5. The number of hydrogen-bond donors (Lipinski definition) is 1. The number of aromatic nitrogens is 1. The van der Waals surface area contributed by atoms with Gasteiger partial charge in [-0.05, 0) is 44.0 Å². The van der Waals surface area contributed by atoms with E-state index in [1.54, 1.807) is 17.5 Å². The summed E-state index contributed by atoms with van der Waals surface area (Å²) in [6.07, 6.45) is 4.77. The molecule has 1 aromatic heterocycles. The largest absolute Gasteiger partial charge is 0.369 e. The lowest BCUT2D eigenvalue weighted by atomic mass is 9.81. The van der Waals surface area contributed by atoms with E-state index >= 15 is 0 Å². The van der Waals surface area contributed by atoms with Crippen LogP contribution in [0, 0.1) is 11.3 Å². The van der Waals surface area contributed by atoms with E-state index in [9.17, 15) is 14.4 Å². The summed E-state index contributed by atoms with van der Waals surface area (Å²) in [6, 6.07) is 3.88. The summed E-state index contributed by atoms with van der Waals surface area (Å²) in [5.41, 5.74) is -0.464. The van der Waals surface area contributed by atoms with Gasteiger partial charge in [-0.3, -0.25) is 14.6 Å². The van der Waals surface area contributed by atoms with Gasteiger partial charge < -0.3 is 15.1 Å². The molecule has 0 radical (unpaired) electrons. The highest BCUT2D eigenvalue weighted by Crippen LogP contribution is 2.49. The van der Waals surface area contributed by atoms with Gasteiger partial charge in [0.05, 0.1) is 13.1 Å². The maximum atomic E-state index is 12.7. The lowest BCUT2D eigenvalue weighted by Crippen LogP contribution is -2.49. The van der Waals surface area contributed by atoms with Crippen LogP contribution in [0.3, 0.4) is 0 Å². The number of ketones is 2. The molecule has 4 rings (SSSR count). The minimum absolute atomic E-state index is 0.241. The predicted molar refractivity (Wildman–Crippen MR) is 92.2 cm³/mol. The van der Waals surface area contributed by atoms with E-state index in [2.05, 4.69) is 15.2 Å². The Bertz CT molecular complexity index is 695. The van der Waals surface area contributed by atoms with Gasteiger partial charge in [-0.2, -0.15) is 0 Å². The summed E-state index contributed by atoms with van der Waals surface area (Å²) in [5, 5.41) is 4.76. The Morgan fingerprint density at radius 2 is 1.69 bits per heavy atom. The molecule has 0 atom stereocenters. The van der Waals surface area contributed by atoms with E-state index in [1.165, 1.54) is 0 Å². The highest BCUT2D eigenvalue weighted by molar-refractivity contribution is 6.69. The summed E-state index contributed by atoms with van der Waals surface area (Å²) < 4.78 is 0. The van der Waals surface area contributed by atoms with Crippen molar-refractivity contribution >= 4 is 23.2 Å². The summed E-state index contributed by atoms with van der Waals surface area (Å²) in [7, 11) is 0. The molecule has 8 heteroatoms. The monoisotopic (exact) mass is 358 g/mol. The molecular weight excluding hydrogens is 336 g/mol. The van der Waals surface area contributed by atoms with Gasteiger partial charge in [0, 0.05) is 31.2 Å². The molecule has 1 aromatic rings. The third-order valence-electron chi connectivity index (χ3n) is 5.61. The van der Waals surface area contributed by atoms with Gasteiger partial charge in [0.25, 0.3) is 0 Å². The molecule has 3 fully saturated rings. The van der Waals surface area contributed by atoms with Crippen molar-refractivity contribution in [1.29, 1.82) is 0 Å². The summed E-state index contributed by atoms with van der Waals surface area (Å²) in [6.45, 7) is 3.87. The maximum Gasteiger partial charge on any atom is 0.347 e. The Balaban J connectivity index is 1.38. The van der Waals surface area contributed by atoms with Gasteiger partial charge in [0.2, 0.25) is 17.0 Å². The number of Topliss-reactive ketones (excluding diaryl/α,β-unsaturated/α-hetero) is 2. The number of hydrogen-bond acceptors (Lipinski definition) is 8. The number of rotatable bonds is 4. The molecule has 0 aromatic carbocycles. The molecule has 1 N–H and O–H groups in total. The SMILES string of the molecule is O=C(ON1CCN(c2ccncc2)CC1)C1(C2CCNCC2)C(=O)C1=O. The molecule has 138 valence electrons. The van der Waals surface area contributed by atoms with Crippen molar-refractivity contribution in [2.45, 2.75) is 12.8 Å². The number of piperazine rings is 1. The molecule has 2 saturated heterocycles. The lowest BCUT2D eigenvalue weighted by molar-refractivity contribution is -0.200. The number of carbonyl (C=O) groups excluding carboxylic acids is 3. The highest BCUT2D eigenvalue weighted by atomic mass is 16.7. The molecule has 0 spiro atoms. The van der Waals surface area contributed by atoms with E-state index < -0.39 is 23.0 Å². The van der Waals surface area contributed by atoms with Crippen molar-refractivity contribution in [3.8, 4) is 0 Å². The minimum atomic E-state index is -1.54. The molecule has 26 heavy (non-hydrogen) atoms. The number of hydroxylamine groups is 2. The topological polar surface area (TPSA) is 91.8 Å². The number of nitrogens with zero attached hydrogens (tertiary/aromatic N) is 3. The number of pyridine rings is 1. The van der Waals surface area contributed by atoms with Crippen molar-refractivity contribution in [2.24, 2.45) is 11.3 Å². The van der Waals surface area contributed by atoms with Gasteiger partial charge in [-0.25, -0.2) is 4.79 Å². The fraction of sp³-hybridized carbons (Fsp3) is 0.556. The summed E-state index contributed by atoms with van der Waals surface area (Å²) in [4.78, 5) is 48.5. The van der Waals surface area contributed by atoms with Crippen LogP contribution in [0.1, 0.15) is 12.8 Å². The van der Waals surface area contributed by atoms with Gasteiger partial charge in [0.1, 0.15) is 0 Å². The van der Waals surface area contributed by atoms with Crippen molar-refractivity contribution in [3.63, 3.8) is 0 Å². The summed E-state index contributed by atoms with van der Waals surface area (Å²) in [5.74, 6) is -2.08. The van der Waals surface area contributed by atoms with Crippen LogP contribution in [0.15, 0.2) is 24.5 Å². The second-order valence-corrected chi connectivity index (χ2v) is 6.99. The number of nitrogens with one attached hydrogen (secondary N) is 1. The maximum absolute atomic E-state index is 12.7. The van der Waals surface area contributed by atoms with E-state index in [4.69, 9.17) is 4.84 Å². The third-order valence-corrected chi connectivity index (χ3v) is 5.61. The van der Waals surface area contributed by atoms with Gasteiger partial charge in [0.15, 0.2) is 0 Å². The molecule has 1 aliphatic carbocycles. The fourth-order valence-electron chi connectivity index (χ4n) is 4.01. The van der Waals surface area contributed by atoms with Crippen molar-refractivity contribution in [1.82, 2.24) is 15.4 Å². The number of carbonyl (C=O) groups is 3. The van der Waals surface area contributed by atoms with Crippen LogP contribution in [0.4, 0.5) is 5.69 Å². The molecule has 1 saturated carbocycles. The Labute approximate surface area is 151 Å². The number of anilines is 1. The first-order valence-corrected chi connectivity index (χ1v) is 9.06. The van der Waals surface area contributed by atoms with E-state index in [0.29, 0.717) is 52.1 Å². The molecule has 3 heterocycles. The second kappa shape index (κ2) is 6.77. The zero-order chi connectivity index (χ0) is 18.1. The van der Waals surface area contributed by atoms with Crippen LogP contribution in [0.2, 0.25) is 0 Å². The Kier molecular flexibility index (Phi) is 4.46. The van der Waals surface area contributed by atoms with Crippen LogP contribution in [0.5, 0.6) is 0 Å². The fourth-order valence-corrected chi connectivity index (χ4v) is 4.01. The van der Waals surface area contributed by atoms with E-state index in [1.807, 2.05) is 12.1 Å². The molecular formula is C18H22N4O4. The normalized spacial score (nSPS) is 23.8. The minimum Gasteiger partial charge on any atom is -0.369 e. The first kappa shape index (κ1) is 17.1. The molecule has 0 unspecified atom stereocenters. The molecule has 0 bridgehead atoms. The first-order chi connectivity index (χ1) is 12.6. The Hall–Kier alpha value is -2.32. The van der Waals surface area contributed by atoms with Gasteiger partial charge in [-0.1, -0.05) is 0 Å². The van der Waals surface area contributed by atoms with Crippen LogP contribution < -0.4 is 10.2 Å². The van der Waals surface area contributed by atoms with E-state index in [-0.39, 0.29) is 5.92 Å². The van der Waals surface area contributed by atoms with Crippen LogP contribution in [-0.4, -0.2) is 66.9 Å². The summed E-state index contributed by atoms with van der Waals surface area (Å²) >= 11 is 0. The van der Waals surface area contributed by atoms with Crippen molar-refractivity contribution in [3.05, 3.63) is 24.5 Å². The van der Waals surface area contributed by atoms with Gasteiger partial charge in [-0.15, -0.1) is 5.06 Å². The second-order valence-electron chi connectivity index (χ2n) is 6.99. The average molecular weight is 358 g/mol. The quantitative estimate of drug-likeness (QED) is 0.584. The predicted octanol–water partition coefficient (Wildman–Crippen LogP) is -0.200. The van der Waals surface area contributed by atoms with Crippen LogP contribution in [-0.2, 0) is 19.2 Å². The standard InChI is InChI=1S/C18H22N4O4/c23-15-16(24)18(15,13-1-5-19-6-2-13)17(25)26-22-11-9-21(10-12-22)14-3-7-20-8-4-14/h3-4,7-8,13,19H,1-2,5-6,9-12H2. The van der Waals surface area contributed by atoms with E-state index in [0.717, 1.165) is 5.69 Å². The van der Waals surface area contributed by atoms with Crippen molar-refractivity contribution in [2.75, 3.05) is 44.2 Å². The smallest absolute Gasteiger partial charge is 0.347 e. The first-order valence-electron chi connectivity index (χ1n) is 9.06. The molecule has 0 amide bonds. The Morgan fingerprint density at radius 1 is 1.08 bits per heavy atom. The molecule has 8 nitrogen and oxygen atoms in total.